The molecule has 10 heavy (non-hydrogen) atoms. The number of hydrogen-bond donors (Lipinski definition) is 2. The van der Waals surface area contributed by atoms with E-state index < -0.39 is 0 Å². The van der Waals surface area contributed by atoms with Gasteiger partial charge < -0.3 is 5.11 Å². The molecular formula is C8H15NO. The molecule has 58 valence electrons. The molecule has 2 rings (SSSR count). The van der Waals surface area contributed by atoms with Crippen molar-refractivity contribution in [1.82, 2.24) is 5.32 Å². The molecular weight excluding hydrogens is 126 g/mol. The van der Waals surface area contributed by atoms with Gasteiger partial charge in [0, 0.05) is 12.0 Å². The summed E-state index contributed by atoms with van der Waals surface area (Å²) in [6.45, 7) is 0. The lowest BCUT2D eigenvalue weighted by Crippen LogP contribution is -2.64. The van der Waals surface area contributed by atoms with Crippen LogP contribution in [0.5, 0.6) is 0 Å². The highest BCUT2D eigenvalue weighted by atomic mass is 16.3. The van der Waals surface area contributed by atoms with E-state index in [1.165, 1.54) is 32.1 Å². The topological polar surface area (TPSA) is 32.3 Å². The standard InChI is InChI=1S/C8H15NO/c10-7-6-8(9-7)4-2-1-3-5-8/h7,9-10H,1-6H2. The molecule has 1 atom stereocenters. The van der Waals surface area contributed by atoms with Crippen LogP contribution in [0.25, 0.3) is 0 Å². The number of nitrogens with one attached hydrogen (secondary N) is 1. The van der Waals surface area contributed by atoms with E-state index in [-0.39, 0.29) is 6.23 Å². The minimum absolute atomic E-state index is 0.196. The van der Waals surface area contributed by atoms with Crippen LogP contribution in [-0.4, -0.2) is 16.9 Å². The van der Waals surface area contributed by atoms with Gasteiger partial charge in [0.2, 0.25) is 0 Å². The molecule has 1 unspecified atom stereocenters. The lowest BCUT2D eigenvalue weighted by atomic mass is 9.74. The average Bonchev–Trinajstić information content (AvgIpc) is 1.87. The van der Waals surface area contributed by atoms with Crippen LogP contribution in [0.4, 0.5) is 0 Å². The van der Waals surface area contributed by atoms with E-state index in [2.05, 4.69) is 5.32 Å². The van der Waals surface area contributed by atoms with Crippen LogP contribution in [0.1, 0.15) is 38.5 Å². The normalized spacial score (nSPS) is 37.5. The van der Waals surface area contributed by atoms with Crippen molar-refractivity contribution in [3.05, 3.63) is 0 Å². The van der Waals surface area contributed by atoms with Crippen molar-refractivity contribution < 1.29 is 5.11 Å². The molecule has 2 nitrogen and oxygen atoms in total. The molecule has 1 heterocycles. The van der Waals surface area contributed by atoms with Crippen molar-refractivity contribution in [3.63, 3.8) is 0 Å². The van der Waals surface area contributed by atoms with Crippen LogP contribution >= 0.6 is 0 Å². The lowest BCUT2D eigenvalue weighted by molar-refractivity contribution is -0.0413. The van der Waals surface area contributed by atoms with Crippen LogP contribution < -0.4 is 5.32 Å². The Labute approximate surface area is 61.6 Å². The first kappa shape index (κ1) is 6.62. The maximum Gasteiger partial charge on any atom is 0.107 e. The fourth-order valence-electron chi connectivity index (χ4n) is 2.28. The van der Waals surface area contributed by atoms with Gasteiger partial charge in [-0.05, 0) is 12.8 Å². The summed E-state index contributed by atoms with van der Waals surface area (Å²) in [5.41, 5.74) is 0.373. The second-order valence-corrected chi connectivity index (χ2v) is 3.71. The highest BCUT2D eigenvalue weighted by molar-refractivity contribution is 5.00. The summed E-state index contributed by atoms with van der Waals surface area (Å²) in [5, 5.41) is 12.3. The van der Waals surface area contributed by atoms with Gasteiger partial charge >= 0.3 is 0 Å². The van der Waals surface area contributed by atoms with Gasteiger partial charge in [-0.2, -0.15) is 0 Å². The monoisotopic (exact) mass is 141 g/mol. The number of hydrogen-bond acceptors (Lipinski definition) is 2. The van der Waals surface area contributed by atoms with Gasteiger partial charge in [0.1, 0.15) is 6.23 Å². The Morgan fingerprint density at radius 2 is 1.80 bits per heavy atom. The van der Waals surface area contributed by atoms with Crippen LogP contribution in [0.2, 0.25) is 0 Å². The van der Waals surface area contributed by atoms with E-state index in [9.17, 15) is 0 Å². The maximum absolute atomic E-state index is 9.05. The van der Waals surface area contributed by atoms with Gasteiger partial charge in [0.05, 0.1) is 0 Å². The Balaban J connectivity index is 1.90. The van der Waals surface area contributed by atoms with Crippen LogP contribution in [-0.2, 0) is 0 Å². The third kappa shape index (κ3) is 0.956. The van der Waals surface area contributed by atoms with E-state index in [1.807, 2.05) is 0 Å². The smallest absolute Gasteiger partial charge is 0.107 e. The van der Waals surface area contributed by atoms with E-state index >= 15 is 0 Å². The zero-order valence-electron chi connectivity index (χ0n) is 6.27. The minimum atomic E-state index is -0.196. The molecule has 1 aliphatic carbocycles. The first-order chi connectivity index (χ1) is 4.81. The first-order valence-corrected chi connectivity index (χ1v) is 4.27. The second kappa shape index (κ2) is 2.21. The number of aliphatic hydroxyl groups excluding tert-OH is 1. The molecule has 1 saturated heterocycles. The predicted octanol–water partition coefficient (Wildman–Crippen LogP) is 1.00. The zero-order chi connectivity index (χ0) is 7.03. The molecule has 1 spiro atoms. The molecule has 1 saturated carbocycles. The molecule has 0 aromatic heterocycles. The first-order valence-electron chi connectivity index (χ1n) is 4.27. The van der Waals surface area contributed by atoms with Gasteiger partial charge in [-0.15, -0.1) is 0 Å². The van der Waals surface area contributed by atoms with Crippen LogP contribution in [0.3, 0.4) is 0 Å². The van der Waals surface area contributed by atoms with Gasteiger partial charge in [-0.3, -0.25) is 5.32 Å². The molecule has 2 heteroatoms. The third-order valence-electron chi connectivity index (χ3n) is 2.87. The Hall–Kier alpha value is -0.0800. The summed E-state index contributed by atoms with van der Waals surface area (Å²) in [5.74, 6) is 0. The summed E-state index contributed by atoms with van der Waals surface area (Å²) in [6, 6.07) is 0. The van der Waals surface area contributed by atoms with E-state index in [0.717, 1.165) is 6.42 Å². The maximum atomic E-state index is 9.05. The Morgan fingerprint density at radius 1 is 1.20 bits per heavy atom. The molecule has 0 amide bonds. The molecule has 1 aliphatic heterocycles. The summed E-state index contributed by atoms with van der Waals surface area (Å²) in [6.07, 6.45) is 7.44. The van der Waals surface area contributed by atoms with Crippen LogP contribution in [0.15, 0.2) is 0 Å². The molecule has 0 bridgehead atoms. The highest BCUT2D eigenvalue weighted by Crippen LogP contribution is 2.37. The van der Waals surface area contributed by atoms with Gasteiger partial charge in [-0.25, -0.2) is 0 Å². The SMILES string of the molecule is OC1CC2(CCCCC2)N1. The predicted molar refractivity (Wildman–Crippen MR) is 39.6 cm³/mol. The third-order valence-corrected chi connectivity index (χ3v) is 2.87. The second-order valence-electron chi connectivity index (χ2n) is 3.71. The van der Waals surface area contributed by atoms with Gasteiger partial charge in [-0.1, -0.05) is 19.3 Å². The van der Waals surface area contributed by atoms with E-state index in [0.29, 0.717) is 5.54 Å². The van der Waals surface area contributed by atoms with E-state index in [1.54, 1.807) is 0 Å². The zero-order valence-corrected chi connectivity index (χ0v) is 6.27. The summed E-state index contributed by atoms with van der Waals surface area (Å²) < 4.78 is 0. The van der Waals surface area contributed by atoms with Gasteiger partial charge in [0.25, 0.3) is 0 Å². The summed E-state index contributed by atoms with van der Waals surface area (Å²) in [7, 11) is 0. The van der Waals surface area contributed by atoms with Crippen molar-refractivity contribution in [2.75, 3.05) is 0 Å². The Morgan fingerprint density at radius 3 is 2.30 bits per heavy atom. The molecule has 0 aromatic rings. The quantitative estimate of drug-likeness (QED) is 0.527. The largest absolute Gasteiger partial charge is 0.379 e. The molecule has 2 fully saturated rings. The summed E-state index contributed by atoms with van der Waals surface area (Å²) >= 11 is 0. The minimum Gasteiger partial charge on any atom is -0.379 e. The number of aliphatic hydroxyl groups is 1. The van der Waals surface area contributed by atoms with Crippen molar-refractivity contribution in [2.24, 2.45) is 0 Å². The Kier molecular flexibility index (Phi) is 1.46. The van der Waals surface area contributed by atoms with Gasteiger partial charge in [0.15, 0.2) is 0 Å². The fraction of sp³-hybridized carbons (Fsp3) is 1.00. The fourth-order valence-corrected chi connectivity index (χ4v) is 2.28. The highest BCUT2D eigenvalue weighted by Gasteiger charge is 2.42. The summed E-state index contributed by atoms with van der Waals surface area (Å²) in [4.78, 5) is 0. The molecule has 0 aromatic carbocycles. The van der Waals surface area contributed by atoms with Crippen molar-refractivity contribution in [1.29, 1.82) is 0 Å². The average molecular weight is 141 g/mol. The van der Waals surface area contributed by atoms with Crippen molar-refractivity contribution in [2.45, 2.75) is 50.3 Å². The van der Waals surface area contributed by atoms with Crippen molar-refractivity contribution in [3.8, 4) is 0 Å². The number of rotatable bonds is 0. The lowest BCUT2D eigenvalue weighted by Gasteiger charge is -2.49. The van der Waals surface area contributed by atoms with E-state index in [4.69, 9.17) is 5.11 Å². The molecule has 2 N–H and O–H groups in total. The van der Waals surface area contributed by atoms with Crippen LogP contribution in [0, 0.1) is 0 Å². The molecule has 2 aliphatic rings. The van der Waals surface area contributed by atoms with Crippen molar-refractivity contribution >= 4 is 0 Å². The Bertz CT molecular complexity index is 114. The molecule has 0 radical (unpaired) electrons.